The topological polar surface area (TPSA) is 72.1 Å². The highest BCUT2D eigenvalue weighted by atomic mass is 16.5. The standard InChI is InChI=1S/C20H25N5O2/c1-11(2)17-12(3)20(26)25-19(22-17)18(13(4)23-25)21-15-9-8-14(24(5)6)10-16(15)27-7/h8-11H,1-7H3. The van der Waals surface area contributed by atoms with Gasteiger partial charge in [-0.25, -0.2) is 9.98 Å². The summed E-state index contributed by atoms with van der Waals surface area (Å²) >= 11 is 0. The van der Waals surface area contributed by atoms with Crippen molar-refractivity contribution in [1.82, 2.24) is 9.66 Å². The van der Waals surface area contributed by atoms with E-state index in [-0.39, 0.29) is 11.5 Å². The molecule has 1 aromatic heterocycles. The van der Waals surface area contributed by atoms with E-state index < -0.39 is 0 Å². The Morgan fingerprint density at radius 3 is 2.52 bits per heavy atom. The lowest BCUT2D eigenvalue weighted by Crippen LogP contribution is -2.26. The highest BCUT2D eigenvalue weighted by Crippen LogP contribution is 2.32. The summed E-state index contributed by atoms with van der Waals surface area (Å²) < 4.78 is 6.86. The number of aliphatic imine (C=N–C) groups is 1. The van der Waals surface area contributed by atoms with Crippen LogP contribution >= 0.6 is 0 Å². The number of ether oxygens (including phenoxy) is 1. The minimum absolute atomic E-state index is 0.139. The summed E-state index contributed by atoms with van der Waals surface area (Å²) in [5.74, 6) is 1.27. The third-order valence-electron chi connectivity index (χ3n) is 4.59. The predicted octanol–water partition coefficient (Wildman–Crippen LogP) is 3.11. The zero-order valence-electron chi connectivity index (χ0n) is 16.9. The second-order valence-electron chi connectivity index (χ2n) is 7.11. The largest absolute Gasteiger partial charge is 0.494 e. The van der Waals surface area contributed by atoms with Crippen LogP contribution in [0.15, 0.2) is 33.1 Å². The van der Waals surface area contributed by atoms with Gasteiger partial charge in [0.2, 0.25) is 0 Å². The van der Waals surface area contributed by atoms with Crippen LogP contribution in [0.1, 0.15) is 43.8 Å². The molecule has 7 heteroatoms. The van der Waals surface area contributed by atoms with Crippen LogP contribution in [0.5, 0.6) is 5.75 Å². The van der Waals surface area contributed by atoms with Crippen molar-refractivity contribution in [3.05, 3.63) is 45.6 Å². The first kappa shape index (κ1) is 18.8. The monoisotopic (exact) mass is 367 g/mol. The Balaban J connectivity index is 2.19. The Kier molecular flexibility index (Phi) is 4.87. The Morgan fingerprint density at radius 1 is 1.22 bits per heavy atom. The Hall–Kier alpha value is -2.96. The SMILES string of the molecule is COc1cc(N(C)C)ccc1N=C1C(C)=Nn2c1nc(C(C)C)c(C)c2=O. The van der Waals surface area contributed by atoms with Gasteiger partial charge in [-0.15, -0.1) is 0 Å². The molecule has 0 unspecified atom stereocenters. The van der Waals surface area contributed by atoms with Crippen LogP contribution in [-0.4, -0.2) is 42.3 Å². The maximum Gasteiger partial charge on any atom is 0.277 e. The normalized spacial score (nSPS) is 14.5. The summed E-state index contributed by atoms with van der Waals surface area (Å²) in [4.78, 5) is 24.2. The molecule has 27 heavy (non-hydrogen) atoms. The van der Waals surface area contributed by atoms with E-state index in [1.165, 1.54) is 4.68 Å². The molecule has 7 nitrogen and oxygen atoms in total. The molecule has 0 N–H and O–H groups in total. The zero-order chi connectivity index (χ0) is 19.9. The van der Waals surface area contributed by atoms with Crippen molar-refractivity contribution in [1.29, 1.82) is 0 Å². The number of benzene rings is 1. The lowest BCUT2D eigenvalue weighted by Gasteiger charge is -2.15. The van der Waals surface area contributed by atoms with Gasteiger partial charge in [-0.3, -0.25) is 4.79 Å². The van der Waals surface area contributed by atoms with Crippen LogP contribution in [0, 0.1) is 6.92 Å². The molecular weight excluding hydrogens is 342 g/mol. The summed E-state index contributed by atoms with van der Waals surface area (Å²) in [6.45, 7) is 7.67. The molecular formula is C20H25N5O2. The third kappa shape index (κ3) is 3.25. The molecule has 0 spiro atoms. The zero-order valence-corrected chi connectivity index (χ0v) is 16.9. The fourth-order valence-electron chi connectivity index (χ4n) is 3.07. The van der Waals surface area contributed by atoms with Gasteiger partial charge in [0.1, 0.15) is 17.1 Å². The van der Waals surface area contributed by atoms with Crippen molar-refractivity contribution < 1.29 is 4.74 Å². The van der Waals surface area contributed by atoms with Crippen LogP contribution in [0.25, 0.3) is 0 Å². The lowest BCUT2D eigenvalue weighted by molar-refractivity contribution is 0.416. The maximum atomic E-state index is 12.7. The van der Waals surface area contributed by atoms with E-state index in [9.17, 15) is 4.79 Å². The number of hydrogen-bond donors (Lipinski definition) is 0. The van der Waals surface area contributed by atoms with E-state index >= 15 is 0 Å². The van der Waals surface area contributed by atoms with E-state index in [0.717, 1.165) is 11.4 Å². The maximum absolute atomic E-state index is 12.7. The molecule has 2 aromatic rings. The van der Waals surface area contributed by atoms with Gasteiger partial charge in [0.25, 0.3) is 5.56 Å². The summed E-state index contributed by atoms with van der Waals surface area (Å²) in [6, 6.07) is 5.79. The second kappa shape index (κ2) is 6.98. The number of nitrogens with zero attached hydrogens (tertiary/aromatic N) is 5. The summed E-state index contributed by atoms with van der Waals surface area (Å²) in [5.41, 5.74) is 4.17. The van der Waals surface area contributed by atoms with Gasteiger partial charge in [0.15, 0.2) is 5.82 Å². The molecule has 0 amide bonds. The van der Waals surface area contributed by atoms with Crippen molar-refractivity contribution in [2.24, 2.45) is 10.1 Å². The predicted molar refractivity (Wildman–Crippen MR) is 109 cm³/mol. The van der Waals surface area contributed by atoms with Crippen LogP contribution in [-0.2, 0) is 0 Å². The number of anilines is 1. The fraction of sp³-hybridized carbons (Fsp3) is 0.400. The molecule has 0 fully saturated rings. The Morgan fingerprint density at radius 2 is 1.93 bits per heavy atom. The van der Waals surface area contributed by atoms with Gasteiger partial charge in [0.05, 0.1) is 18.5 Å². The van der Waals surface area contributed by atoms with E-state index in [2.05, 4.69) is 5.10 Å². The molecule has 1 aromatic carbocycles. The van der Waals surface area contributed by atoms with Gasteiger partial charge < -0.3 is 9.64 Å². The molecule has 0 radical (unpaired) electrons. The van der Waals surface area contributed by atoms with Crippen molar-refractivity contribution in [3.63, 3.8) is 0 Å². The van der Waals surface area contributed by atoms with Gasteiger partial charge >= 0.3 is 0 Å². The average molecular weight is 367 g/mol. The highest BCUT2D eigenvalue weighted by Gasteiger charge is 2.26. The molecule has 142 valence electrons. The molecule has 1 aliphatic rings. The molecule has 0 atom stereocenters. The molecule has 0 bridgehead atoms. The average Bonchev–Trinajstić information content (AvgIpc) is 2.94. The van der Waals surface area contributed by atoms with Gasteiger partial charge in [-0.05, 0) is 31.9 Å². The number of aromatic nitrogens is 2. The second-order valence-corrected chi connectivity index (χ2v) is 7.11. The van der Waals surface area contributed by atoms with Crippen molar-refractivity contribution in [2.75, 3.05) is 26.1 Å². The molecule has 2 heterocycles. The van der Waals surface area contributed by atoms with Crippen LogP contribution in [0.3, 0.4) is 0 Å². The van der Waals surface area contributed by atoms with E-state index in [0.29, 0.717) is 34.2 Å². The number of methoxy groups -OCH3 is 1. The Bertz CT molecular complexity index is 1020. The number of hydrogen-bond acceptors (Lipinski definition) is 6. The highest BCUT2D eigenvalue weighted by molar-refractivity contribution is 6.48. The first-order valence-corrected chi connectivity index (χ1v) is 8.88. The van der Waals surface area contributed by atoms with Crippen LogP contribution in [0.2, 0.25) is 0 Å². The smallest absolute Gasteiger partial charge is 0.277 e. The molecule has 0 aliphatic carbocycles. The molecule has 3 rings (SSSR count). The van der Waals surface area contributed by atoms with Crippen molar-refractivity contribution in [2.45, 2.75) is 33.6 Å². The van der Waals surface area contributed by atoms with Gasteiger partial charge in [-0.1, -0.05) is 13.8 Å². The van der Waals surface area contributed by atoms with Crippen molar-refractivity contribution >= 4 is 22.8 Å². The fourth-order valence-corrected chi connectivity index (χ4v) is 3.07. The molecule has 0 saturated heterocycles. The summed E-state index contributed by atoms with van der Waals surface area (Å²) in [5, 5.41) is 4.37. The van der Waals surface area contributed by atoms with Gasteiger partial charge in [0, 0.05) is 31.4 Å². The van der Waals surface area contributed by atoms with Crippen LogP contribution < -0.4 is 15.2 Å². The molecule has 0 saturated carbocycles. The third-order valence-corrected chi connectivity index (χ3v) is 4.59. The molecule has 1 aliphatic heterocycles. The van der Waals surface area contributed by atoms with Crippen molar-refractivity contribution in [3.8, 4) is 5.75 Å². The minimum atomic E-state index is -0.150. The lowest BCUT2D eigenvalue weighted by atomic mass is 10.1. The minimum Gasteiger partial charge on any atom is -0.494 e. The Labute approximate surface area is 159 Å². The summed E-state index contributed by atoms with van der Waals surface area (Å²) in [7, 11) is 5.55. The van der Waals surface area contributed by atoms with E-state index in [1.807, 2.05) is 58.0 Å². The van der Waals surface area contributed by atoms with Gasteiger partial charge in [-0.2, -0.15) is 9.78 Å². The quantitative estimate of drug-likeness (QED) is 0.832. The van der Waals surface area contributed by atoms with E-state index in [4.69, 9.17) is 14.7 Å². The first-order valence-electron chi connectivity index (χ1n) is 8.88. The summed E-state index contributed by atoms with van der Waals surface area (Å²) in [6.07, 6.45) is 0. The van der Waals surface area contributed by atoms with E-state index in [1.54, 1.807) is 14.0 Å². The first-order chi connectivity index (χ1) is 12.7. The number of rotatable bonds is 4. The number of fused-ring (bicyclic) bond motifs is 1. The van der Waals surface area contributed by atoms with Crippen LogP contribution in [0.4, 0.5) is 11.4 Å².